The molecule has 2 amide bonds. The zero-order chi connectivity index (χ0) is 25.7. The van der Waals surface area contributed by atoms with Gasteiger partial charge in [-0.3, -0.25) is 9.59 Å². The van der Waals surface area contributed by atoms with Crippen molar-refractivity contribution in [3.63, 3.8) is 0 Å². The van der Waals surface area contributed by atoms with Crippen LogP contribution in [0, 0.1) is 13.8 Å². The van der Waals surface area contributed by atoms with Crippen LogP contribution < -0.4 is 15.8 Å². The number of hydrogen-bond donors (Lipinski definition) is 2. The molecule has 0 bridgehead atoms. The highest BCUT2D eigenvalue weighted by Gasteiger charge is 2.26. The molecule has 35 heavy (non-hydrogen) atoms. The Balaban J connectivity index is 1.76. The molecule has 3 rings (SSSR count). The second kappa shape index (κ2) is 11.2. The van der Waals surface area contributed by atoms with Crippen molar-refractivity contribution in [2.75, 3.05) is 11.9 Å². The minimum Gasteiger partial charge on any atom is -0.485 e. The molecule has 3 aromatic rings. The number of hydrogen-bond acceptors (Lipinski definition) is 7. The number of furan rings is 1. The van der Waals surface area contributed by atoms with Gasteiger partial charge in [0.2, 0.25) is 0 Å². The highest BCUT2D eigenvalue weighted by atomic mass is 32.1. The normalized spacial score (nSPS) is 10.9. The Bertz CT molecular complexity index is 1240. The van der Waals surface area contributed by atoms with Gasteiger partial charge in [-0.2, -0.15) is 0 Å². The van der Waals surface area contributed by atoms with Crippen LogP contribution in [0.4, 0.5) is 5.00 Å². The molecule has 0 radical (unpaired) electrons. The third kappa shape index (κ3) is 6.10. The van der Waals surface area contributed by atoms with Gasteiger partial charge in [0.05, 0.1) is 17.0 Å². The molecule has 1 aromatic carbocycles. The van der Waals surface area contributed by atoms with Crippen LogP contribution in [-0.4, -0.2) is 24.4 Å². The number of primary amides is 1. The minimum absolute atomic E-state index is 0.0384. The minimum atomic E-state index is -0.688. The Morgan fingerprint density at radius 3 is 2.54 bits per heavy atom. The van der Waals surface area contributed by atoms with E-state index >= 15 is 0 Å². The lowest BCUT2D eigenvalue weighted by atomic mass is 10.0. The maximum atomic E-state index is 12.9. The smallest absolute Gasteiger partial charge is 0.341 e. The second-order valence-electron chi connectivity index (χ2n) is 8.47. The van der Waals surface area contributed by atoms with Gasteiger partial charge in [-0.15, -0.1) is 11.3 Å². The van der Waals surface area contributed by atoms with Gasteiger partial charge in [0.25, 0.3) is 11.8 Å². The Hall–Kier alpha value is -3.59. The molecule has 2 heterocycles. The molecule has 3 N–H and O–H groups in total. The Morgan fingerprint density at radius 1 is 1.14 bits per heavy atom. The lowest BCUT2D eigenvalue weighted by Gasteiger charge is -2.14. The number of rotatable bonds is 10. The van der Waals surface area contributed by atoms with Crippen molar-refractivity contribution >= 4 is 34.1 Å². The van der Waals surface area contributed by atoms with Gasteiger partial charge in [-0.1, -0.05) is 32.9 Å². The van der Waals surface area contributed by atoms with E-state index in [1.165, 1.54) is 6.07 Å². The molecule has 0 aliphatic heterocycles. The number of nitrogens with two attached hydrogens (primary N) is 1. The number of benzene rings is 1. The average molecular weight is 499 g/mol. The summed E-state index contributed by atoms with van der Waals surface area (Å²) >= 11 is 0.925. The second-order valence-corrected chi connectivity index (χ2v) is 9.49. The average Bonchev–Trinajstić information content (AvgIpc) is 3.40. The predicted octanol–water partition coefficient (Wildman–Crippen LogP) is 5.58. The monoisotopic (exact) mass is 498 g/mol. The number of aryl methyl sites for hydroxylation is 1. The van der Waals surface area contributed by atoms with Crippen LogP contribution in [0.3, 0.4) is 0 Å². The maximum absolute atomic E-state index is 12.9. The topological polar surface area (TPSA) is 121 Å². The van der Waals surface area contributed by atoms with Crippen molar-refractivity contribution in [3.8, 4) is 5.75 Å². The summed E-state index contributed by atoms with van der Waals surface area (Å²) < 4.78 is 16.9. The summed E-state index contributed by atoms with van der Waals surface area (Å²) in [6.45, 7) is 10.0. The van der Waals surface area contributed by atoms with Crippen LogP contribution in [0.25, 0.3) is 0 Å². The zero-order valence-electron chi connectivity index (χ0n) is 20.5. The number of carbonyl (C=O) groups is 3. The third-order valence-electron chi connectivity index (χ3n) is 5.29. The first kappa shape index (κ1) is 26.0. The molecule has 0 atom stereocenters. The highest BCUT2D eigenvalue weighted by Crippen LogP contribution is 2.34. The molecule has 9 heteroatoms. The first-order valence-electron chi connectivity index (χ1n) is 11.4. The van der Waals surface area contributed by atoms with E-state index in [2.05, 4.69) is 19.2 Å². The van der Waals surface area contributed by atoms with E-state index in [1.54, 1.807) is 13.0 Å². The third-order valence-corrected chi connectivity index (χ3v) is 6.51. The summed E-state index contributed by atoms with van der Waals surface area (Å²) in [6.07, 6.45) is 0.637. The Labute approximate surface area is 208 Å². The molecular formula is C26H30N2O6S. The number of nitrogens with one attached hydrogen (secondary N) is 1. The molecule has 0 aliphatic carbocycles. The quantitative estimate of drug-likeness (QED) is 0.352. The molecule has 186 valence electrons. The number of carbonyl (C=O) groups excluding carboxylic acids is 3. The van der Waals surface area contributed by atoms with Gasteiger partial charge < -0.3 is 24.9 Å². The van der Waals surface area contributed by atoms with Crippen LogP contribution in [0.1, 0.15) is 86.1 Å². The fourth-order valence-corrected chi connectivity index (χ4v) is 4.53. The molecular weight excluding hydrogens is 468 g/mol. The summed E-state index contributed by atoms with van der Waals surface area (Å²) in [5.41, 5.74) is 8.08. The van der Waals surface area contributed by atoms with Crippen LogP contribution in [-0.2, 0) is 11.3 Å². The van der Waals surface area contributed by atoms with E-state index in [1.807, 2.05) is 32.0 Å². The molecule has 8 nitrogen and oxygen atoms in total. The summed E-state index contributed by atoms with van der Waals surface area (Å²) in [5.74, 6) is -0.322. The lowest BCUT2D eigenvalue weighted by molar-refractivity contribution is 0.0506. The first-order chi connectivity index (χ1) is 16.6. The van der Waals surface area contributed by atoms with Gasteiger partial charge in [-0.05, 0) is 61.1 Å². The molecule has 0 unspecified atom stereocenters. The zero-order valence-corrected chi connectivity index (χ0v) is 21.3. The van der Waals surface area contributed by atoms with Gasteiger partial charge >= 0.3 is 5.97 Å². The fraction of sp³-hybridized carbons (Fsp3) is 0.346. The van der Waals surface area contributed by atoms with Crippen LogP contribution >= 0.6 is 11.3 Å². The van der Waals surface area contributed by atoms with Crippen molar-refractivity contribution in [1.29, 1.82) is 0 Å². The summed E-state index contributed by atoms with van der Waals surface area (Å²) in [5, 5.41) is 2.83. The number of anilines is 1. The van der Waals surface area contributed by atoms with Crippen LogP contribution in [0.15, 0.2) is 34.7 Å². The van der Waals surface area contributed by atoms with Crippen molar-refractivity contribution < 1.29 is 28.3 Å². The predicted molar refractivity (Wildman–Crippen MR) is 134 cm³/mol. The molecule has 0 aliphatic rings. The maximum Gasteiger partial charge on any atom is 0.341 e. The van der Waals surface area contributed by atoms with Crippen molar-refractivity contribution in [2.24, 2.45) is 5.73 Å². The van der Waals surface area contributed by atoms with Gasteiger partial charge in [0, 0.05) is 0 Å². The number of thiophene rings is 1. The summed E-state index contributed by atoms with van der Waals surface area (Å²) in [7, 11) is 0. The Morgan fingerprint density at radius 2 is 1.89 bits per heavy atom. The van der Waals surface area contributed by atoms with Crippen molar-refractivity contribution in [1.82, 2.24) is 0 Å². The van der Waals surface area contributed by atoms with Crippen molar-refractivity contribution in [3.05, 3.63) is 69.0 Å². The van der Waals surface area contributed by atoms with Gasteiger partial charge in [0.15, 0.2) is 5.76 Å². The van der Waals surface area contributed by atoms with E-state index in [9.17, 15) is 14.4 Å². The van der Waals surface area contributed by atoms with Crippen LogP contribution in [0.5, 0.6) is 5.75 Å². The first-order valence-corrected chi connectivity index (χ1v) is 12.2. The largest absolute Gasteiger partial charge is 0.485 e. The number of esters is 1. The molecule has 0 fully saturated rings. The SMILES string of the molecule is CCCOC(=O)c1c(NC(=O)c2ccc(COc3cc(C)ccc3C(C)C)o2)sc(C(N)=O)c1C. The Kier molecular flexibility index (Phi) is 8.34. The standard InChI is InChI=1S/C26H30N2O6S/c1-6-11-32-26(31)21-16(5)22(23(27)29)35-25(21)28-24(30)19-10-8-17(34-19)13-33-20-12-15(4)7-9-18(20)14(2)3/h7-10,12,14H,6,11,13H2,1-5H3,(H2,27,29)(H,28,30). The lowest BCUT2D eigenvalue weighted by Crippen LogP contribution is -2.15. The molecule has 0 spiro atoms. The van der Waals surface area contributed by atoms with E-state index < -0.39 is 17.8 Å². The summed E-state index contributed by atoms with van der Waals surface area (Å²) in [4.78, 5) is 37.4. The van der Waals surface area contributed by atoms with Gasteiger partial charge in [0.1, 0.15) is 23.1 Å². The molecule has 0 saturated carbocycles. The molecule has 2 aromatic heterocycles. The van der Waals surface area contributed by atoms with Gasteiger partial charge in [-0.25, -0.2) is 4.79 Å². The molecule has 0 saturated heterocycles. The van der Waals surface area contributed by atoms with E-state index in [4.69, 9.17) is 19.6 Å². The highest BCUT2D eigenvalue weighted by molar-refractivity contribution is 7.18. The fourth-order valence-electron chi connectivity index (χ4n) is 3.48. The summed E-state index contributed by atoms with van der Waals surface area (Å²) in [6, 6.07) is 9.24. The number of amides is 2. The number of ether oxygens (including phenoxy) is 2. The van der Waals surface area contributed by atoms with E-state index in [-0.39, 0.29) is 34.4 Å². The van der Waals surface area contributed by atoms with E-state index in [0.29, 0.717) is 23.7 Å². The van der Waals surface area contributed by atoms with Crippen LogP contribution in [0.2, 0.25) is 0 Å². The van der Waals surface area contributed by atoms with Crippen molar-refractivity contribution in [2.45, 2.75) is 53.6 Å². The van der Waals surface area contributed by atoms with E-state index in [0.717, 1.165) is 28.2 Å².